The lowest BCUT2D eigenvalue weighted by Gasteiger charge is -2.22. The van der Waals surface area contributed by atoms with Crippen molar-refractivity contribution >= 4 is 23.2 Å². The van der Waals surface area contributed by atoms with Crippen molar-refractivity contribution in [2.24, 2.45) is 0 Å². The maximum atomic E-state index is 12.1. The third kappa shape index (κ3) is 1.38. The fourth-order valence-corrected chi connectivity index (χ4v) is 2.54. The summed E-state index contributed by atoms with van der Waals surface area (Å²) in [5.41, 5.74) is -0.170. The first kappa shape index (κ1) is 11.3. The molecule has 0 saturated carbocycles. The van der Waals surface area contributed by atoms with Crippen molar-refractivity contribution in [3.63, 3.8) is 0 Å². The second-order valence-electron chi connectivity index (χ2n) is 4.19. The van der Waals surface area contributed by atoms with Crippen molar-refractivity contribution in [1.82, 2.24) is 0 Å². The Morgan fingerprint density at radius 3 is 2.33 bits per heavy atom. The molecule has 1 atom stereocenters. The van der Waals surface area contributed by atoms with E-state index < -0.39 is 11.5 Å². The molecule has 0 radical (unpaired) electrons. The number of anilines is 1. The van der Waals surface area contributed by atoms with Crippen LogP contribution in [0.5, 0.6) is 0 Å². The van der Waals surface area contributed by atoms with E-state index in [1.54, 1.807) is 48.5 Å². The van der Waals surface area contributed by atoms with Crippen molar-refractivity contribution in [3.8, 4) is 0 Å². The van der Waals surface area contributed by atoms with Crippen molar-refractivity contribution in [3.05, 3.63) is 64.7 Å². The predicted molar refractivity (Wildman–Crippen MR) is 69.5 cm³/mol. The monoisotopic (exact) mass is 259 g/mol. The minimum Gasteiger partial charge on any atom is -0.372 e. The maximum Gasteiger partial charge on any atom is 0.265 e. The van der Waals surface area contributed by atoms with Crippen LogP contribution in [0.3, 0.4) is 0 Å². The Morgan fingerprint density at radius 1 is 1.00 bits per heavy atom. The summed E-state index contributed by atoms with van der Waals surface area (Å²) < 4.78 is 0. The molecule has 1 heterocycles. The molecule has 1 aliphatic heterocycles. The Morgan fingerprint density at radius 2 is 1.61 bits per heavy atom. The van der Waals surface area contributed by atoms with Crippen LogP contribution in [0.15, 0.2) is 48.5 Å². The molecule has 1 unspecified atom stereocenters. The van der Waals surface area contributed by atoms with Gasteiger partial charge in [0.05, 0.1) is 0 Å². The van der Waals surface area contributed by atoms with Gasteiger partial charge in [-0.15, -0.1) is 0 Å². The van der Waals surface area contributed by atoms with Crippen LogP contribution >= 0.6 is 11.6 Å². The van der Waals surface area contributed by atoms with Crippen LogP contribution in [0, 0.1) is 0 Å². The van der Waals surface area contributed by atoms with E-state index in [0.29, 0.717) is 21.8 Å². The van der Waals surface area contributed by atoms with Gasteiger partial charge < -0.3 is 10.4 Å². The van der Waals surface area contributed by atoms with E-state index in [9.17, 15) is 9.90 Å². The highest BCUT2D eigenvalue weighted by Gasteiger charge is 2.47. The summed E-state index contributed by atoms with van der Waals surface area (Å²) in [7, 11) is 0. The Hall–Kier alpha value is -1.84. The van der Waals surface area contributed by atoms with Gasteiger partial charge in [-0.05, 0) is 12.1 Å². The quantitative estimate of drug-likeness (QED) is 0.827. The Labute approximate surface area is 109 Å². The standard InChI is InChI=1S/C14H10ClNO2/c15-11-7-3-1-5-9(11)14(18)10-6-2-4-8-12(10)16-13(14)17/h1-8,18H,(H,16,17). The van der Waals surface area contributed by atoms with Crippen LogP contribution in [0.2, 0.25) is 5.02 Å². The SMILES string of the molecule is O=C1Nc2ccccc2C1(O)c1ccccc1Cl. The van der Waals surface area contributed by atoms with Gasteiger partial charge in [-0.2, -0.15) is 0 Å². The maximum absolute atomic E-state index is 12.1. The number of amides is 1. The molecule has 0 fully saturated rings. The Kier molecular flexibility index (Phi) is 2.40. The lowest BCUT2D eigenvalue weighted by atomic mass is 9.87. The third-order valence-electron chi connectivity index (χ3n) is 3.16. The number of para-hydroxylation sites is 1. The topological polar surface area (TPSA) is 49.3 Å². The molecule has 0 saturated heterocycles. The number of rotatable bonds is 1. The molecule has 90 valence electrons. The van der Waals surface area contributed by atoms with Crippen LogP contribution in [0.4, 0.5) is 5.69 Å². The molecule has 3 rings (SSSR count). The number of carbonyl (C=O) groups excluding carboxylic acids is 1. The second-order valence-corrected chi connectivity index (χ2v) is 4.60. The first-order chi connectivity index (χ1) is 8.64. The smallest absolute Gasteiger partial charge is 0.265 e. The van der Waals surface area contributed by atoms with E-state index in [1.807, 2.05) is 0 Å². The fraction of sp³-hybridized carbons (Fsp3) is 0.0714. The third-order valence-corrected chi connectivity index (χ3v) is 3.49. The van der Waals surface area contributed by atoms with Crippen LogP contribution < -0.4 is 5.32 Å². The first-order valence-electron chi connectivity index (χ1n) is 5.52. The molecular formula is C14H10ClNO2. The number of nitrogens with one attached hydrogen (secondary N) is 1. The van der Waals surface area contributed by atoms with Gasteiger partial charge in [-0.3, -0.25) is 4.79 Å². The number of aliphatic hydroxyl groups is 1. The molecule has 0 aromatic heterocycles. The lowest BCUT2D eigenvalue weighted by molar-refractivity contribution is -0.129. The van der Waals surface area contributed by atoms with Gasteiger partial charge in [-0.1, -0.05) is 48.0 Å². The van der Waals surface area contributed by atoms with Crippen molar-refractivity contribution in [1.29, 1.82) is 0 Å². The normalized spacial score (nSPS) is 21.6. The molecule has 0 bridgehead atoms. The lowest BCUT2D eigenvalue weighted by Crippen LogP contribution is -2.35. The summed E-state index contributed by atoms with van der Waals surface area (Å²) in [6, 6.07) is 13.9. The van der Waals surface area contributed by atoms with E-state index >= 15 is 0 Å². The minimum atomic E-state index is -1.71. The second kappa shape index (κ2) is 3.83. The predicted octanol–water partition coefficient (Wildman–Crippen LogP) is 2.53. The first-order valence-corrected chi connectivity index (χ1v) is 5.90. The Bertz CT molecular complexity index is 641. The molecule has 2 aromatic carbocycles. The zero-order valence-electron chi connectivity index (χ0n) is 9.35. The largest absolute Gasteiger partial charge is 0.372 e. The van der Waals surface area contributed by atoms with Gasteiger partial charge >= 0.3 is 0 Å². The van der Waals surface area contributed by atoms with Gasteiger partial charge in [0, 0.05) is 21.8 Å². The minimum absolute atomic E-state index is 0.367. The van der Waals surface area contributed by atoms with Gasteiger partial charge in [0.2, 0.25) is 0 Å². The average Bonchev–Trinajstić information content (AvgIpc) is 2.63. The molecule has 3 nitrogen and oxygen atoms in total. The van der Waals surface area contributed by atoms with Crippen molar-refractivity contribution in [2.75, 3.05) is 5.32 Å². The zero-order chi connectivity index (χ0) is 12.8. The summed E-state index contributed by atoms with van der Waals surface area (Å²) in [4.78, 5) is 12.1. The fourth-order valence-electron chi connectivity index (χ4n) is 2.26. The molecule has 2 N–H and O–H groups in total. The summed E-state index contributed by atoms with van der Waals surface area (Å²) in [5, 5.41) is 13.8. The van der Waals surface area contributed by atoms with E-state index in [1.165, 1.54) is 0 Å². The zero-order valence-corrected chi connectivity index (χ0v) is 10.1. The van der Waals surface area contributed by atoms with E-state index in [0.717, 1.165) is 0 Å². The number of carbonyl (C=O) groups is 1. The summed E-state index contributed by atoms with van der Waals surface area (Å²) in [6.07, 6.45) is 0. The van der Waals surface area contributed by atoms with Crippen LogP contribution in [-0.4, -0.2) is 11.0 Å². The Balaban J connectivity index is 2.27. The summed E-state index contributed by atoms with van der Waals surface area (Å²) in [6.45, 7) is 0. The number of hydrogen-bond acceptors (Lipinski definition) is 2. The van der Waals surface area contributed by atoms with Crippen molar-refractivity contribution in [2.45, 2.75) is 5.60 Å². The number of hydrogen-bond donors (Lipinski definition) is 2. The number of halogens is 1. The molecule has 0 aliphatic carbocycles. The molecule has 18 heavy (non-hydrogen) atoms. The van der Waals surface area contributed by atoms with E-state index in [2.05, 4.69) is 5.32 Å². The highest BCUT2D eigenvalue weighted by atomic mass is 35.5. The highest BCUT2D eigenvalue weighted by molar-refractivity contribution is 6.32. The molecule has 1 amide bonds. The van der Waals surface area contributed by atoms with E-state index in [4.69, 9.17) is 11.6 Å². The molecule has 2 aromatic rings. The van der Waals surface area contributed by atoms with Gasteiger partial charge in [0.25, 0.3) is 5.91 Å². The van der Waals surface area contributed by atoms with Gasteiger partial charge in [0.1, 0.15) is 0 Å². The molecule has 0 spiro atoms. The molecule has 4 heteroatoms. The van der Waals surface area contributed by atoms with E-state index in [-0.39, 0.29) is 0 Å². The number of fused-ring (bicyclic) bond motifs is 1. The average molecular weight is 260 g/mol. The summed E-state index contributed by atoms with van der Waals surface area (Å²) in [5.74, 6) is -0.475. The molecule has 1 aliphatic rings. The van der Waals surface area contributed by atoms with Crippen LogP contribution in [0.25, 0.3) is 0 Å². The van der Waals surface area contributed by atoms with Crippen LogP contribution in [-0.2, 0) is 10.4 Å². The van der Waals surface area contributed by atoms with Gasteiger partial charge in [-0.25, -0.2) is 0 Å². The van der Waals surface area contributed by atoms with Crippen LogP contribution in [0.1, 0.15) is 11.1 Å². The van der Waals surface area contributed by atoms with Gasteiger partial charge in [0.15, 0.2) is 5.60 Å². The highest BCUT2D eigenvalue weighted by Crippen LogP contribution is 2.42. The molecular weight excluding hydrogens is 250 g/mol. The summed E-state index contributed by atoms with van der Waals surface area (Å²) >= 11 is 6.09. The number of benzene rings is 2. The van der Waals surface area contributed by atoms with Crippen molar-refractivity contribution < 1.29 is 9.90 Å².